The average molecular weight is 430 g/mol. The smallest absolute Gasteiger partial charge is 0.412 e. The van der Waals surface area contributed by atoms with Gasteiger partial charge in [-0.2, -0.15) is 9.59 Å². The van der Waals surface area contributed by atoms with E-state index in [4.69, 9.17) is 23.3 Å². The lowest BCUT2D eigenvalue weighted by Crippen LogP contribution is -2.16. The highest BCUT2D eigenvalue weighted by atomic mass is 16.6. The number of nitrogens with zero attached hydrogens (tertiary/aromatic N) is 1. The number of furan rings is 1. The molecule has 4 aromatic rings. The van der Waals surface area contributed by atoms with Crippen LogP contribution in [-0.4, -0.2) is 17.4 Å². The first kappa shape index (κ1) is 22.1. The van der Waals surface area contributed by atoms with Gasteiger partial charge in [-0.1, -0.05) is 41.4 Å². The molecule has 2 heterocycles. The Labute approximate surface area is 183 Å². The molecule has 0 aliphatic carbocycles. The van der Waals surface area contributed by atoms with Gasteiger partial charge in [0.15, 0.2) is 0 Å². The Bertz CT molecular complexity index is 1300. The summed E-state index contributed by atoms with van der Waals surface area (Å²) in [7, 11) is 0. The summed E-state index contributed by atoms with van der Waals surface area (Å²) in [5.41, 5.74) is 3.31. The van der Waals surface area contributed by atoms with Gasteiger partial charge in [-0.3, -0.25) is 5.32 Å². The van der Waals surface area contributed by atoms with Gasteiger partial charge in [-0.15, -0.1) is 0 Å². The molecule has 0 saturated heterocycles. The van der Waals surface area contributed by atoms with Gasteiger partial charge in [0.2, 0.25) is 5.76 Å². The molecule has 0 bridgehead atoms. The van der Waals surface area contributed by atoms with Gasteiger partial charge in [0, 0.05) is 10.9 Å². The van der Waals surface area contributed by atoms with Crippen LogP contribution in [0.4, 0.5) is 10.5 Å². The van der Waals surface area contributed by atoms with Crippen molar-refractivity contribution < 1.29 is 28.1 Å². The molecule has 1 N–H and O–H groups in total. The van der Waals surface area contributed by atoms with E-state index in [2.05, 4.69) is 22.3 Å². The topological polar surface area (TPSA) is 112 Å². The first-order valence-electron chi connectivity index (χ1n) is 9.49. The first-order chi connectivity index (χ1) is 15.5. The van der Waals surface area contributed by atoms with E-state index in [1.54, 1.807) is 20.1 Å². The summed E-state index contributed by atoms with van der Waals surface area (Å²) in [5.74, 6) is 6.16. The molecule has 1 amide bonds. The number of aryl methyl sites for hydroxylation is 1. The molecule has 0 aliphatic rings. The van der Waals surface area contributed by atoms with Crippen LogP contribution in [0.5, 0.6) is 0 Å². The number of carbonyl (C=O) groups excluding carboxylic acids is 3. The van der Waals surface area contributed by atoms with E-state index in [1.165, 1.54) is 0 Å². The molecule has 2 aromatic heterocycles. The monoisotopic (exact) mass is 430 g/mol. The molecule has 4 rings (SSSR count). The second-order valence-corrected chi connectivity index (χ2v) is 6.56. The minimum atomic E-state index is -0.604. The van der Waals surface area contributed by atoms with Crippen LogP contribution >= 0.6 is 0 Å². The van der Waals surface area contributed by atoms with Gasteiger partial charge in [-0.05, 0) is 49.6 Å². The van der Waals surface area contributed by atoms with Crippen molar-refractivity contribution in [1.82, 2.24) is 5.16 Å². The fourth-order valence-corrected chi connectivity index (χ4v) is 2.85. The number of benzene rings is 2. The van der Waals surface area contributed by atoms with Crippen LogP contribution in [-0.2, 0) is 14.3 Å². The van der Waals surface area contributed by atoms with Crippen LogP contribution < -0.4 is 5.32 Å². The van der Waals surface area contributed by atoms with Gasteiger partial charge in [-0.25, -0.2) is 4.79 Å². The zero-order chi connectivity index (χ0) is 22.9. The largest absolute Gasteiger partial charge is 0.464 e. The Hall–Kier alpha value is -4.60. The fourth-order valence-electron chi connectivity index (χ4n) is 2.85. The summed E-state index contributed by atoms with van der Waals surface area (Å²) in [6.07, 6.45) is 0.879. The van der Waals surface area contributed by atoms with Gasteiger partial charge in [0.25, 0.3) is 0 Å². The second-order valence-electron chi connectivity index (χ2n) is 6.56. The minimum Gasteiger partial charge on any atom is -0.464 e. The Kier molecular flexibility index (Phi) is 7.20. The number of carbonyl (C=O) groups is 1. The van der Waals surface area contributed by atoms with Crippen molar-refractivity contribution in [3.63, 3.8) is 0 Å². The maximum absolute atomic E-state index is 12.3. The highest BCUT2D eigenvalue weighted by Gasteiger charge is 2.17. The summed E-state index contributed by atoms with van der Waals surface area (Å²) in [5, 5.41) is 7.58. The Morgan fingerprint density at radius 3 is 2.59 bits per heavy atom. The third-order valence-corrected chi connectivity index (χ3v) is 4.42. The fraction of sp³-hybridized carbons (Fsp3) is 0.125. The van der Waals surface area contributed by atoms with Gasteiger partial charge >= 0.3 is 12.2 Å². The first-order valence-corrected chi connectivity index (χ1v) is 9.49. The molecule has 2 aromatic carbocycles. The van der Waals surface area contributed by atoms with Crippen molar-refractivity contribution >= 4 is 28.9 Å². The lowest BCUT2D eigenvalue weighted by Gasteiger charge is -2.13. The number of rotatable bonds is 3. The van der Waals surface area contributed by atoms with E-state index in [0.29, 0.717) is 11.4 Å². The molecular weight excluding hydrogens is 412 g/mol. The predicted molar refractivity (Wildman–Crippen MR) is 113 cm³/mol. The predicted octanol–water partition coefficient (Wildman–Crippen LogP) is 4.86. The van der Waals surface area contributed by atoms with Crippen molar-refractivity contribution in [2.45, 2.75) is 20.0 Å². The Morgan fingerprint density at radius 2 is 1.84 bits per heavy atom. The third kappa shape index (κ3) is 5.51. The van der Waals surface area contributed by atoms with Crippen molar-refractivity contribution in [2.75, 3.05) is 5.32 Å². The SMILES string of the molecule is Cc1noc(C#Cc2ccc3ccoc3c2)c1NC(=O)OC(C)c1ccccc1.O=C=O. The van der Waals surface area contributed by atoms with E-state index in [1.807, 2.05) is 54.6 Å². The van der Waals surface area contributed by atoms with Crippen molar-refractivity contribution in [2.24, 2.45) is 0 Å². The van der Waals surface area contributed by atoms with Gasteiger partial charge in [0.1, 0.15) is 23.1 Å². The van der Waals surface area contributed by atoms with Crippen LogP contribution in [0.2, 0.25) is 0 Å². The molecule has 1 atom stereocenters. The summed E-state index contributed by atoms with van der Waals surface area (Å²) in [4.78, 5) is 28.6. The number of nitrogens with one attached hydrogen (secondary N) is 1. The maximum atomic E-state index is 12.3. The van der Waals surface area contributed by atoms with E-state index >= 15 is 0 Å². The second kappa shape index (κ2) is 10.4. The van der Waals surface area contributed by atoms with Crippen LogP contribution in [0.3, 0.4) is 0 Å². The van der Waals surface area contributed by atoms with E-state index in [9.17, 15) is 4.79 Å². The molecule has 160 valence electrons. The summed E-state index contributed by atoms with van der Waals surface area (Å²) in [6.45, 7) is 3.53. The number of ether oxygens (including phenoxy) is 1. The van der Waals surface area contributed by atoms with E-state index in [-0.39, 0.29) is 11.9 Å². The van der Waals surface area contributed by atoms with Crippen molar-refractivity contribution in [3.8, 4) is 11.8 Å². The molecular formula is C24H18N2O6. The highest BCUT2D eigenvalue weighted by molar-refractivity contribution is 5.87. The average Bonchev–Trinajstić information content (AvgIpc) is 3.40. The molecule has 0 spiro atoms. The van der Waals surface area contributed by atoms with Crippen LogP contribution in [0, 0.1) is 18.8 Å². The number of amides is 1. The molecule has 1 unspecified atom stereocenters. The van der Waals surface area contributed by atoms with Gasteiger partial charge < -0.3 is 13.7 Å². The number of fused-ring (bicyclic) bond motifs is 1. The number of hydrogen-bond donors (Lipinski definition) is 1. The molecule has 8 heteroatoms. The summed E-state index contributed by atoms with van der Waals surface area (Å²) < 4.78 is 16.1. The minimum absolute atomic E-state index is 0.250. The summed E-state index contributed by atoms with van der Waals surface area (Å²) >= 11 is 0. The normalized spacial score (nSPS) is 10.7. The maximum Gasteiger partial charge on any atom is 0.412 e. The number of anilines is 1. The Balaban J connectivity index is 0.000000913. The highest BCUT2D eigenvalue weighted by Crippen LogP contribution is 2.22. The molecule has 0 fully saturated rings. The quantitative estimate of drug-likeness (QED) is 0.462. The van der Waals surface area contributed by atoms with Crippen LogP contribution in [0.15, 0.2) is 69.8 Å². The molecule has 0 radical (unpaired) electrons. The molecule has 32 heavy (non-hydrogen) atoms. The van der Waals surface area contributed by atoms with Crippen molar-refractivity contribution in [3.05, 3.63) is 83.4 Å². The molecule has 0 aliphatic heterocycles. The van der Waals surface area contributed by atoms with Crippen molar-refractivity contribution in [1.29, 1.82) is 0 Å². The zero-order valence-electron chi connectivity index (χ0n) is 17.2. The lowest BCUT2D eigenvalue weighted by atomic mass is 10.1. The number of aromatic nitrogens is 1. The molecule has 0 saturated carbocycles. The van der Waals surface area contributed by atoms with Crippen LogP contribution in [0.25, 0.3) is 11.0 Å². The zero-order valence-corrected chi connectivity index (χ0v) is 17.2. The number of hydrogen-bond acceptors (Lipinski definition) is 7. The lowest BCUT2D eigenvalue weighted by molar-refractivity contribution is -0.191. The van der Waals surface area contributed by atoms with Gasteiger partial charge in [0.05, 0.1) is 6.26 Å². The molecule has 8 nitrogen and oxygen atoms in total. The standard InChI is InChI=1S/C23H18N2O4.CO2/c1-15-22(24-23(26)28-16(2)18-6-4-3-5-7-18)20(29-25-15)11-9-17-8-10-19-12-13-27-21(19)14-17;2-1-3/h3-8,10,12-14,16H,1-2H3,(H,24,26);. The van der Waals surface area contributed by atoms with Crippen LogP contribution in [0.1, 0.15) is 35.6 Å². The van der Waals surface area contributed by atoms with E-state index < -0.39 is 12.2 Å². The summed E-state index contributed by atoms with van der Waals surface area (Å²) in [6, 6.07) is 17.0. The Morgan fingerprint density at radius 1 is 1.09 bits per heavy atom. The third-order valence-electron chi connectivity index (χ3n) is 4.42. The van der Waals surface area contributed by atoms with E-state index in [0.717, 1.165) is 22.1 Å².